The van der Waals surface area contributed by atoms with E-state index < -0.39 is 18.1 Å². The Bertz CT molecular complexity index is 942. The first-order valence-electron chi connectivity index (χ1n) is 9.31. The molecule has 0 aliphatic carbocycles. The molecule has 0 aliphatic rings. The van der Waals surface area contributed by atoms with E-state index in [0.29, 0.717) is 5.56 Å². The van der Waals surface area contributed by atoms with Gasteiger partial charge in [0.2, 0.25) is 0 Å². The molecule has 0 saturated carbocycles. The highest BCUT2D eigenvalue weighted by atomic mass is 19.4. The molecular weight excluding hydrogens is 375 g/mol. The molecular formula is C24H22F3NO. The number of hydrogen-bond donors (Lipinski definition) is 1. The quantitative estimate of drug-likeness (QED) is 0.544. The van der Waals surface area contributed by atoms with Crippen LogP contribution >= 0.6 is 0 Å². The van der Waals surface area contributed by atoms with Gasteiger partial charge in [-0.25, -0.2) is 0 Å². The highest BCUT2D eigenvalue weighted by molar-refractivity contribution is 5.84. The molecule has 0 saturated heterocycles. The molecule has 3 aromatic carbocycles. The third kappa shape index (κ3) is 4.67. The predicted octanol–water partition coefficient (Wildman–Crippen LogP) is 6.38. The Hall–Kier alpha value is -3.08. The largest absolute Gasteiger partial charge is 0.471 e. The number of halogens is 3. The van der Waals surface area contributed by atoms with Gasteiger partial charge in [-0.3, -0.25) is 4.79 Å². The number of carbonyl (C=O) groups excluding carboxylic acids is 1. The Morgan fingerprint density at radius 1 is 0.793 bits per heavy atom. The Morgan fingerprint density at radius 2 is 1.21 bits per heavy atom. The number of rotatable bonds is 4. The van der Waals surface area contributed by atoms with E-state index >= 15 is 0 Å². The van der Waals surface area contributed by atoms with Crippen molar-refractivity contribution in [3.63, 3.8) is 0 Å². The molecule has 3 aromatic rings. The first-order valence-corrected chi connectivity index (χ1v) is 9.31. The van der Waals surface area contributed by atoms with Crippen LogP contribution in [0.25, 0.3) is 22.3 Å². The molecule has 0 spiro atoms. The average molecular weight is 397 g/mol. The molecule has 150 valence electrons. The Kier molecular flexibility index (Phi) is 5.78. The van der Waals surface area contributed by atoms with Crippen molar-refractivity contribution in [2.45, 2.75) is 33.0 Å². The van der Waals surface area contributed by atoms with Crippen LogP contribution in [0, 0.1) is 13.8 Å². The lowest BCUT2D eigenvalue weighted by Crippen LogP contribution is -2.38. The summed E-state index contributed by atoms with van der Waals surface area (Å²) < 4.78 is 38.5. The standard InChI is InChI=1S/C24H22F3NO/c1-15-7-11-18(12-8-15)20-5-4-6-21(19-13-9-16(2)10-14-19)22(20)17(3)28-23(29)24(25,26)27/h4-14,17H,1-3H3,(H,28,29)/t17-/m1/s1. The first kappa shape index (κ1) is 20.6. The average Bonchev–Trinajstić information content (AvgIpc) is 2.68. The third-order valence-electron chi connectivity index (χ3n) is 4.87. The minimum absolute atomic E-state index is 0.651. The Morgan fingerprint density at radius 3 is 1.59 bits per heavy atom. The summed E-state index contributed by atoms with van der Waals surface area (Å²) in [6.45, 7) is 5.52. The molecule has 0 unspecified atom stereocenters. The van der Waals surface area contributed by atoms with Crippen LogP contribution in [0.5, 0.6) is 0 Å². The van der Waals surface area contributed by atoms with Crippen molar-refractivity contribution in [1.29, 1.82) is 0 Å². The molecule has 0 aliphatic heterocycles. The van der Waals surface area contributed by atoms with Gasteiger partial charge in [0.15, 0.2) is 0 Å². The molecule has 5 heteroatoms. The number of carbonyl (C=O) groups is 1. The van der Waals surface area contributed by atoms with E-state index in [0.717, 1.165) is 33.4 Å². The normalized spacial score (nSPS) is 12.5. The van der Waals surface area contributed by atoms with Gasteiger partial charge in [0.05, 0.1) is 6.04 Å². The zero-order valence-electron chi connectivity index (χ0n) is 16.5. The molecule has 0 fully saturated rings. The summed E-state index contributed by atoms with van der Waals surface area (Å²) in [7, 11) is 0. The summed E-state index contributed by atoms with van der Waals surface area (Å²) in [6.07, 6.45) is -4.93. The van der Waals surface area contributed by atoms with Crippen LogP contribution in [0.15, 0.2) is 66.7 Å². The summed E-state index contributed by atoms with van der Waals surface area (Å²) >= 11 is 0. The van der Waals surface area contributed by atoms with Crippen molar-refractivity contribution < 1.29 is 18.0 Å². The fourth-order valence-electron chi connectivity index (χ4n) is 3.35. The van der Waals surface area contributed by atoms with Crippen molar-refractivity contribution >= 4 is 5.91 Å². The van der Waals surface area contributed by atoms with E-state index in [1.807, 2.05) is 80.6 Å². The van der Waals surface area contributed by atoms with Crippen LogP contribution in [-0.4, -0.2) is 12.1 Å². The molecule has 0 bridgehead atoms. The van der Waals surface area contributed by atoms with Crippen LogP contribution < -0.4 is 5.32 Å². The number of aryl methyl sites for hydroxylation is 2. The van der Waals surface area contributed by atoms with Crippen molar-refractivity contribution in [3.05, 3.63) is 83.4 Å². The summed E-state index contributed by atoms with van der Waals surface area (Å²) in [5, 5.41) is 2.12. The topological polar surface area (TPSA) is 29.1 Å². The minimum atomic E-state index is -4.93. The summed E-state index contributed by atoms with van der Waals surface area (Å²) in [5.41, 5.74) is 6.17. The summed E-state index contributed by atoms with van der Waals surface area (Å²) in [5.74, 6) is -1.95. The smallest absolute Gasteiger partial charge is 0.342 e. The molecule has 2 nitrogen and oxygen atoms in total. The van der Waals surface area contributed by atoms with Crippen LogP contribution in [0.3, 0.4) is 0 Å². The van der Waals surface area contributed by atoms with Crippen LogP contribution in [-0.2, 0) is 4.79 Å². The number of hydrogen-bond acceptors (Lipinski definition) is 1. The van der Waals surface area contributed by atoms with Gasteiger partial charge >= 0.3 is 12.1 Å². The van der Waals surface area contributed by atoms with Gasteiger partial charge in [-0.1, -0.05) is 77.9 Å². The molecule has 1 atom stereocenters. The number of nitrogens with one attached hydrogen (secondary N) is 1. The number of amides is 1. The fourth-order valence-corrected chi connectivity index (χ4v) is 3.35. The van der Waals surface area contributed by atoms with Crippen molar-refractivity contribution in [2.24, 2.45) is 0 Å². The zero-order valence-corrected chi connectivity index (χ0v) is 16.5. The molecule has 0 aromatic heterocycles. The van der Waals surface area contributed by atoms with Crippen LogP contribution in [0.2, 0.25) is 0 Å². The summed E-state index contributed by atoms with van der Waals surface area (Å²) in [4.78, 5) is 11.6. The van der Waals surface area contributed by atoms with Gasteiger partial charge in [-0.15, -0.1) is 0 Å². The van der Waals surface area contributed by atoms with Crippen molar-refractivity contribution in [2.75, 3.05) is 0 Å². The molecule has 0 heterocycles. The van der Waals surface area contributed by atoms with Gasteiger partial charge in [0.25, 0.3) is 0 Å². The van der Waals surface area contributed by atoms with Gasteiger partial charge in [-0.2, -0.15) is 13.2 Å². The minimum Gasteiger partial charge on any atom is -0.342 e. The van der Waals surface area contributed by atoms with Gasteiger partial charge in [0, 0.05) is 0 Å². The second-order valence-electron chi connectivity index (χ2n) is 7.19. The number of alkyl halides is 3. The Labute approximate surface area is 168 Å². The molecule has 29 heavy (non-hydrogen) atoms. The molecule has 1 N–H and O–H groups in total. The van der Waals surface area contributed by atoms with E-state index in [9.17, 15) is 18.0 Å². The third-order valence-corrected chi connectivity index (χ3v) is 4.87. The molecule has 0 radical (unpaired) electrons. The fraction of sp³-hybridized carbons (Fsp3) is 0.208. The van der Waals surface area contributed by atoms with Gasteiger partial charge < -0.3 is 5.32 Å². The maximum Gasteiger partial charge on any atom is 0.471 e. The van der Waals surface area contributed by atoms with E-state index in [1.165, 1.54) is 0 Å². The molecule has 1 amide bonds. The lowest BCUT2D eigenvalue weighted by Gasteiger charge is -2.23. The molecule has 3 rings (SSSR count). The van der Waals surface area contributed by atoms with Crippen LogP contribution in [0.4, 0.5) is 13.2 Å². The highest BCUT2D eigenvalue weighted by Gasteiger charge is 2.39. The van der Waals surface area contributed by atoms with Crippen molar-refractivity contribution in [1.82, 2.24) is 5.32 Å². The summed E-state index contributed by atoms with van der Waals surface area (Å²) in [6, 6.07) is 20.3. The van der Waals surface area contributed by atoms with Crippen LogP contribution in [0.1, 0.15) is 29.7 Å². The van der Waals surface area contributed by atoms with E-state index in [1.54, 1.807) is 6.92 Å². The van der Waals surface area contributed by atoms with E-state index in [-0.39, 0.29) is 0 Å². The maximum atomic E-state index is 12.8. The zero-order chi connectivity index (χ0) is 21.2. The first-order chi connectivity index (χ1) is 13.7. The van der Waals surface area contributed by atoms with E-state index in [4.69, 9.17) is 0 Å². The SMILES string of the molecule is Cc1ccc(-c2cccc(-c3ccc(C)cc3)c2[C@@H](C)NC(=O)C(F)(F)F)cc1. The van der Waals surface area contributed by atoms with Crippen molar-refractivity contribution in [3.8, 4) is 22.3 Å². The highest BCUT2D eigenvalue weighted by Crippen LogP contribution is 2.37. The van der Waals surface area contributed by atoms with Gasteiger partial charge in [0.1, 0.15) is 0 Å². The Balaban J connectivity index is 2.16. The van der Waals surface area contributed by atoms with Gasteiger partial charge in [-0.05, 0) is 48.6 Å². The predicted molar refractivity (Wildman–Crippen MR) is 109 cm³/mol. The lowest BCUT2D eigenvalue weighted by atomic mass is 9.87. The number of benzene rings is 3. The lowest BCUT2D eigenvalue weighted by molar-refractivity contribution is -0.174. The maximum absolute atomic E-state index is 12.8. The monoisotopic (exact) mass is 397 g/mol. The van der Waals surface area contributed by atoms with E-state index in [2.05, 4.69) is 5.32 Å². The second-order valence-corrected chi connectivity index (χ2v) is 7.19. The second kappa shape index (κ2) is 8.11.